The van der Waals surface area contributed by atoms with E-state index in [-0.39, 0.29) is 0 Å². The highest BCUT2D eigenvalue weighted by Gasteiger charge is 2.06. The third kappa shape index (κ3) is 5.09. The molecule has 124 valence electrons. The van der Waals surface area contributed by atoms with Crippen LogP contribution in [-0.2, 0) is 6.54 Å². The highest BCUT2D eigenvalue weighted by atomic mass is 16.5. The van der Waals surface area contributed by atoms with Crippen molar-refractivity contribution in [1.82, 2.24) is 0 Å². The third-order valence-electron chi connectivity index (χ3n) is 3.27. The van der Waals surface area contributed by atoms with Crippen LogP contribution >= 0.6 is 0 Å². The zero-order valence-electron chi connectivity index (χ0n) is 14.1. The zero-order valence-corrected chi connectivity index (χ0v) is 14.1. The third-order valence-corrected chi connectivity index (χ3v) is 3.27. The number of rotatable bonds is 9. The summed E-state index contributed by atoms with van der Waals surface area (Å²) in [5, 5.41) is 3.40. The molecule has 0 aliphatic carbocycles. The molecule has 0 heterocycles. The van der Waals surface area contributed by atoms with Crippen molar-refractivity contribution in [3.05, 3.63) is 48.0 Å². The smallest absolute Gasteiger partial charge is 0.161 e. The molecule has 0 amide bonds. The molecule has 0 aromatic heterocycles. The van der Waals surface area contributed by atoms with Crippen molar-refractivity contribution in [2.45, 2.75) is 27.3 Å². The molecular formula is C19H25NO3. The van der Waals surface area contributed by atoms with Crippen LogP contribution in [0.4, 0.5) is 5.69 Å². The van der Waals surface area contributed by atoms with E-state index in [4.69, 9.17) is 14.2 Å². The Balaban J connectivity index is 2.00. The highest BCUT2D eigenvalue weighted by Crippen LogP contribution is 2.29. The minimum absolute atomic E-state index is 0.621. The Morgan fingerprint density at radius 1 is 0.739 bits per heavy atom. The number of nitrogens with one attached hydrogen (secondary N) is 1. The summed E-state index contributed by atoms with van der Waals surface area (Å²) in [6.07, 6.45) is 0. The number of hydrogen-bond donors (Lipinski definition) is 1. The number of ether oxygens (including phenoxy) is 3. The van der Waals surface area contributed by atoms with E-state index in [9.17, 15) is 0 Å². The topological polar surface area (TPSA) is 39.7 Å². The van der Waals surface area contributed by atoms with Crippen molar-refractivity contribution in [2.75, 3.05) is 25.1 Å². The van der Waals surface area contributed by atoms with E-state index in [0.717, 1.165) is 35.0 Å². The van der Waals surface area contributed by atoms with Gasteiger partial charge in [-0.15, -0.1) is 0 Å². The molecule has 0 aliphatic heterocycles. The fraction of sp³-hybridized carbons (Fsp3) is 0.368. The molecule has 2 aromatic rings. The Hall–Kier alpha value is -2.36. The van der Waals surface area contributed by atoms with Crippen LogP contribution in [0, 0.1) is 0 Å². The minimum Gasteiger partial charge on any atom is -0.494 e. The van der Waals surface area contributed by atoms with Gasteiger partial charge in [-0.3, -0.25) is 0 Å². The fourth-order valence-corrected chi connectivity index (χ4v) is 2.25. The minimum atomic E-state index is 0.621. The first-order chi connectivity index (χ1) is 11.3. The van der Waals surface area contributed by atoms with E-state index < -0.39 is 0 Å². The normalized spacial score (nSPS) is 10.2. The molecule has 0 spiro atoms. The summed E-state index contributed by atoms with van der Waals surface area (Å²) in [7, 11) is 0. The van der Waals surface area contributed by atoms with Crippen LogP contribution in [-0.4, -0.2) is 19.8 Å². The molecule has 0 radical (unpaired) electrons. The highest BCUT2D eigenvalue weighted by molar-refractivity contribution is 5.48. The van der Waals surface area contributed by atoms with E-state index in [2.05, 4.69) is 11.4 Å². The molecule has 1 N–H and O–H groups in total. The largest absolute Gasteiger partial charge is 0.494 e. The van der Waals surface area contributed by atoms with Crippen LogP contribution in [0.5, 0.6) is 17.2 Å². The van der Waals surface area contributed by atoms with Crippen molar-refractivity contribution in [2.24, 2.45) is 0 Å². The van der Waals surface area contributed by atoms with Gasteiger partial charge in [0, 0.05) is 12.2 Å². The van der Waals surface area contributed by atoms with Gasteiger partial charge in [0.05, 0.1) is 19.8 Å². The second kappa shape index (κ2) is 8.93. The van der Waals surface area contributed by atoms with E-state index in [1.165, 1.54) is 0 Å². The molecule has 0 fully saturated rings. The van der Waals surface area contributed by atoms with E-state index in [0.29, 0.717) is 19.8 Å². The first-order valence-corrected chi connectivity index (χ1v) is 8.12. The fourth-order valence-electron chi connectivity index (χ4n) is 2.25. The molecule has 2 aromatic carbocycles. The van der Waals surface area contributed by atoms with E-state index in [1.807, 2.05) is 57.2 Å². The zero-order chi connectivity index (χ0) is 16.5. The van der Waals surface area contributed by atoms with Gasteiger partial charge in [0.25, 0.3) is 0 Å². The lowest BCUT2D eigenvalue weighted by Gasteiger charge is -2.13. The molecule has 0 saturated heterocycles. The summed E-state index contributed by atoms with van der Waals surface area (Å²) >= 11 is 0. The summed E-state index contributed by atoms with van der Waals surface area (Å²) < 4.78 is 16.7. The maximum atomic E-state index is 5.66. The predicted molar refractivity (Wildman–Crippen MR) is 93.7 cm³/mol. The van der Waals surface area contributed by atoms with Gasteiger partial charge in [-0.2, -0.15) is 0 Å². The number of hydrogen-bond acceptors (Lipinski definition) is 4. The van der Waals surface area contributed by atoms with Crippen molar-refractivity contribution in [3.8, 4) is 17.2 Å². The molecule has 0 bridgehead atoms. The van der Waals surface area contributed by atoms with Crippen LogP contribution < -0.4 is 19.5 Å². The Morgan fingerprint density at radius 3 is 2.04 bits per heavy atom. The van der Waals surface area contributed by atoms with Gasteiger partial charge in [0.2, 0.25) is 0 Å². The van der Waals surface area contributed by atoms with Crippen molar-refractivity contribution in [3.63, 3.8) is 0 Å². The van der Waals surface area contributed by atoms with Crippen molar-refractivity contribution >= 4 is 5.69 Å². The van der Waals surface area contributed by atoms with Gasteiger partial charge in [-0.1, -0.05) is 6.07 Å². The van der Waals surface area contributed by atoms with Gasteiger partial charge in [0.1, 0.15) is 5.75 Å². The van der Waals surface area contributed by atoms with Gasteiger partial charge < -0.3 is 19.5 Å². The monoisotopic (exact) mass is 315 g/mol. The molecule has 23 heavy (non-hydrogen) atoms. The first-order valence-electron chi connectivity index (χ1n) is 8.12. The van der Waals surface area contributed by atoms with E-state index >= 15 is 0 Å². The van der Waals surface area contributed by atoms with Crippen LogP contribution in [0.1, 0.15) is 26.3 Å². The SMILES string of the molecule is CCOc1ccc(NCc2ccc(OCC)c(OCC)c2)cc1. The second-order valence-electron chi connectivity index (χ2n) is 4.96. The number of benzene rings is 2. The van der Waals surface area contributed by atoms with Gasteiger partial charge in [-0.05, 0) is 62.7 Å². The Bertz CT molecular complexity index is 596. The quantitative estimate of drug-likeness (QED) is 0.740. The maximum absolute atomic E-state index is 5.66. The average molecular weight is 315 g/mol. The molecule has 0 saturated carbocycles. The Morgan fingerprint density at radius 2 is 1.39 bits per heavy atom. The van der Waals surface area contributed by atoms with Crippen LogP contribution in [0.3, 0.4) is 0 Å². The summed E-state index contributed by atoms with van der Waals surface area (Å²) in [5.74, 6) is 2.47. The number of anilines is 1. The molecule has 0 unspecified atom stereocenters. The Kier molecular flexibility index (Phi) is 6.60. The summed E-state index contributed by atoms with van der Waals surface area (Å²) in [4.78, 5) is 0. The first kappa shape index (κ1) is 17.0. The summed E-state index contributed by atoms with van der Waals surface area (Å²) in [6, 6.07) is 14.0. The maximum Gasteiger partial charge on any atom is 0.161 e. The molecule has 4 heteroatoms. The lowest BCUT2D eigenvalue weighted by atomic mass is 10.2. The van der Waals surface area contributed by atoms with Crippen molar-refractivity contribution < 1.29 is 14.2 Å². The van der Waals surface area contributed by atoms with Crippen LogP contribution in [0.25, 0.3) is 0 Å². The summed E-state index contributed by atoms with van der Waals surface area (Å²) in [6.45, 7) is 8.57. The van der Waals surface area contributed by atoms with Crippen LogP contribution in [0.2, 0.25) is 0 Å². The molecule has 0 atom stereocenters. The lowest BCUT2D eigenvalue weighted by Crippen LogP contribution is -2.02. The van der Waals surface area contributed by atoms with Gasteiger partial charge in [0.15, 0.2) is 11.5 Å². The average Bonchev–Trinajstić information content (AvgIpc) is 2.57. The molecule has 0 aliphatic rings. The van der Waals surface area contributed by atoms with Crippen molar-refractivity contribution in [1.29, 1.82) is 0 Å². The summed E-state index contributed by atoms with van der Waals surface area (Å²) in [5.41, 5.74) is 2.20. The Labute approximate surface area is 138 Å². The molecule has 2 rings (SSSR count). The second-order valence-corrected chi connectivity index (χ2v) is 4.96. The molecular weight excluding hydrogens is 290 g/mol. The van der Waals surface area contributed by atoms with Gasteiger partial charge >= 0.3 is 0 Å². The van der Waals surface area contributed by atoms with Gasteiger partial charge in [-0.25, -0.2) is 0 Å². The predicted octanol–water partition coefficient (Wildman–Crippen LogP) is 4.49. The molecule has 4 nitrogen and oxygen atoms in total. The standard InChI is InChI=1S/C19H25NO3/c1-4-21-17-10-8-16(9-11-17)20-14-15-7-12-18(22-5-2)19(13-15)23-6-3/h7-13,20H,4-6,14H2,1-3H3. The lowest BCUT2D eigenvalue weighted by molar-refractivity contribution is 0.287. The van der Waals surface area contributed by atoms with E-state index in [1.54, 1.807) is 0 Å². The van der Waals surface area contributed by atoms with Crippen LogP contribution in [0.15, 0.2) is 42.5 Å².